The van der Waals surface area contributed by atoms with Crippen LogP contribution >= 0.6 is 0 Å². The van der Waals surface area contributed by atoms with Crippen LogP contribution in [0.3, 0.4) is 0 Å². The van der Waals surface area contributed by atoms with E-state index in [0.29, 0.717) is 19.3 Å². The largest absolute Gasteiger partial charge is 0.443 e. The van der Waals surface area contributed by atoms with Gasteiger partial charge in [-0.15, -0.1) is 0 Å². The van der Waals surface area contributed by atoms with Crippen LogP contribution in [0.4, 0.5) is 22.8 Å². The summed E-state index contributed by atoms with van der Waals surface area (Å²) in [5.74, 6) is 0. The van der Waals surface area contributed by atoms with Gasteiger partial charge in [-0.05, 0) is 86.6 Å². The van der Waals surface area contributed by atoms with Crippen molar-refractivity contribution in [3.63, 3.8) is 0 Å². The summed E-state index contributed by atoms with van der Waals surface area (Å²) >= 11 is 0. The zero-order valence-corrected chi connectivity index (χ0v) is 25.6. The van der Waals surface area contributed by atoms with Crippen LogP contribution in [0.25, 0.3) is 0 Å². The van der Waals surface area contributed by atoms with Crippen molar-refractivity contribution in [2.45, 2.75) is 159 Å². The number of nitrogens with one attached hydrogen (secondary N) is 3. The van der Waals surface area contributed by atoms with Crippen LogP contribution in [-0.4, -0.2) is 93.4 Å². The van der Waals surface area contributed by atoms with Gasteiger partial charge in [0.05, 0.1) is 18.2 Å². The minimum atomic E-state index is -4.96. The second-order valence-corrected chi connectivity index (χ2v) is 14.0. The summed E-state index contributed by atoms with van der Waals surface area (Å²) in [6.45, 7) is 10.9. The van der Waals surface area contributed by atoms with Gasteiger partial charge in [0.15, 0.2) is 6.23 Å². The predicted molar refractivity (Wildman–Crippen MR) is 147 cm³/mol. The summed E-state index contributed by atoms with van der Waals surface area (Å²) in [6, 6.07) is -1.49. The Hall–Kier alpha value is -1.71. The van der Waals surface area contributed by atoms with E-state index in [1.807, 2.05) is 0 Å². The molecule has 7 atom stereocenters. The Kier molecular flexibility index (Phi) is 9.76. The maximum Gasteiger partial charge on any atom is 0.421 e. The number of carbonyl (C=O) groups is 2. The summed E-state index contributed by atoms with van der Waals surface area (Å²) in [7, 11) is 0. The molecule has 4 fully saturated rings. The fourth-order valence-electron chi connectivity index (χ4n) is 6.46. The van der Waals surface area contributed by atoms with Gasteiger partial charge in [-0.3, -0.25) is 10.2 Å². The number of ether oxygens (including phenoxy) is 3. The number of halogens is 3. The Bertz CT molecular complexity index is 945. The zero-order valence-electron chi connectivity index (χ0n) is 25.6. The number of carbonyl (C=O) groups excluding carboxylic acids is 2. The highest BCUT2D eigenvalue weighted by Crippen LogP contribution is 2.40. The van der Waals surface area contributed by atoms with E-state index in [0.717, 1.165) is 37.1 Å². The van der Waals surface area contributed by atoms with Crippen molar-refractivity contribution in [2.24, 2.45) is 0 Å². The van der Waals surface area contributed by atoms with E-state index < -0.39 is 66.1 Å². The van der Waals surface area contributed by atoms with Gasteiger partial charge in [0.2, 0.25) is 5.60 Å². The number of piperidine rings is 1. The normalized spacial score (nSPS) is 35.2. The SMILES string of the molecule is CC(C)(C)OC(=O)N(C(=O)OC(C)(C)C)C1CCC2NC1C1NNC(O1)C(O)(C(F)(F)F)CCCCC[C@@H]1CCCN21. The molecule has 4 bridgehead atoms. The highest BCUT2D eigenvalue weighted by Gasteiger charge is 2.62. The highest BCUT2D eigenvalue weighted by molar-refractivity contribution is 5.88. The van der Waals surface area contributed by atoms with Crippen molar-refractivity contribution in [2.75, 3.05) is 6.54 Å². The van der Waals surface area contributed by atoms with Crippen molar-refractivity contribution in [3.05, 3.63) is 0 Å². The first kappa shape index (κ1) is 33.2. The first-order chi connectivity index (χ1) is 19.4. The molecule has 2 amide bonds. The van der Waals surface area contributed by atoms with Crippen LogP contribution in [0.15, 0.2) is 0 Å². The van der Waals surface area contributed by atoms with Gasteiger partial charge in [-0.25, -0.2) is 25.3 Å². The van der Waals surface area contributed by atoms with Gasteiger partial charge in [0, 0.05) is 6.04 Å². The molecule has 14 heteroatoms. The molecule has 11 nitrogen and oxygen atoms in total. The predicted octanol–water partition coefficient (Wildman–Crippen LogP) is 4.10. The number of hydrazine groups is 1. The van der Waals surface area contributed by atoms with Crippen molar-refractivity contribution < 1.29 is 42.1 Å². The summed E-state index contributed by atoms with van der Waals surface area (Å²) in [4.78, 5) is 30.4. The first-order valence-corrected chi connectivity index (χ1v) is 15.1. The molecule has 42 heavy (non-hydrogen) atoms. The fraction of sp³-hybridized carbons (Fsp3) is 0.929. The molecule has 4 rings (SSSR count). The highest BCUT2D eigenvalue weighted by atomic mass is 19.4. The van der Waals surface area contributed by atoms with Gasteiger partial charge in [0.25, 0.3) is 0 Å². The Morgan fingerprint density at radius 3 is 2.12 bits per heavy atom. The lowest BCUT2D eigenvalue weighted by molar-refractivity contribution is -0.300. The molecule has 4 saturated heterocycles. The molecular weight excluding hydrogens is 559 g/mol. The molecule has 0 saturated carbocycles. The van der Waals surface area contributed by atoms with Crippen LogP contribution < -0.4 is 16.2 Å². The van der Waals surface area contributed by atoms with Crippen LogP contribution in [0.5, 0.6) is 0 Å². The number of fused-ring (bicyclic) bond motifs is 7. The van der Waals surface area contributed by atoms with Gasteiger partial charge in [-0.2, -0.15) is 13.2 Å². The number of rotatable bonds is 1. The van der Waals surface area contributed by atoms with E-state index in [-0.39, 0.29) is 18.6 Å². The van der Waals surface area contributed by atoms with E-state index in [4.69, 9.17) is 14.2 Å². The monoisotopic (exact) mass is 607 g/mol. The third-order valence-electron chi connectivity index (χ3n) is 8.36. The van der Waals surface area contributed by atoms with Gasteiger partial charge < -0.3 is 19.3 Å². The van der Waals surface area contributed by atoms with Gasteiger partial charge >= 0.3 is 18.4 Å². The average molecular weight is 608 g/mol. The van der Waals surface area contributed by atoms with Crippen LogP contribution in [0.1, 0.15) is 99.3 Å². The molecule has 0 aliphatic carbocycles. The van der Waals surface area contributed by atoms with Crippen molar-refractivity contribution >= 4 is 12.2 Å². The van der Waals surface area contributed by atoms with Crippen molar-refractivity contribution in [1.82, 2.24) is 26.0 Å². The van der Waals surface area contributed by atoms with Crippen molar-refractivity contribution in [1.29, 1.82) is 0 Å². The molecule has 0 aromatic rings. The molecule has 0 spiro atoms. The minimum Gasteiger partial charge on any atom is -0.443 e. The average Bonchev–Trinajstić information content (AvgIpc) is 3.51. The number of alkyl halides is 3. The second-order valence-electron chi connectivity index (χ2n) is 14.0. The molecule has 4 N–H and O–H groups in total. The molecule has 0 aromatic heterocycles. The summed E-state index contributed by atoms with van der Waals surface area (Å²) in [5, 5.41) is 14.5. The Morgan fingerprint density at radius 2 is 1.52 bits per heavy atom. The number of hydrogen-bond acceptors (Lipinski definition) is 10. The Morgan fingerprint density at radius 1 is 0.905 bits per heavy atom. The van der Waals surface area contributed by atoms with Crippen molar-refractivity contribution in [3.8, 4) is 0 Å². The van der Waals surface area contributed by atoms with E-state index >= 15 is 0 Å². The molecule has 6 unspecified atom stereocenters. The molecule has 4 aliphatic heterocycles. The third kappa shape index (κ3) is 7.49. The molecule has 4 heterocycles. The topological polar surface area (TPSA) is 125 Å². The van der Waals surface area contributed by atoms with Crippen LogP contribution in [0.2, 0.25) is 0 Å². The first-order valence-electron chi connectivity index (χ1n) is 15.1. The Labute approximate surface area is 246 Å². The summed E-state index contributed by atoms with van der Waals surface area (Å²) < 4.78 is 59.9. The lowest BCUT2D eigenvalue weighted by Gasteiger charge is -2.47. The molecule has 242 valence electrons. The fourth-order valence-corrected chi connectivity index (χ4v) is 6.46. The lowest BCUT2D eigenvalue weighted by Crippen LogP contribution is -2.68. The lowest BCUT2D eigenvalue weighted by atomic mass is 9.91. The van der Waals surface area contributed by atoms with E-state index in [1.54, 1.807) is 41.5 Å². The number of nitrogens with zero attached hydrogens (tertiary/aromatic N) is 2. The maximum atomic E-state index is 14.3. The number of hydrogen-bond donors (Lipinski definition) is 4. The summed E-state index contributed by atoms with van der Waals surface area (Å²) in [6.07, 6.45) is -5.15. The van der Waals surface area contributed by atoms with Crippen LogP contribution in [-0.2, 0) is 14.2 Å². The standard InChI is InChI=1S/C28H48F3N5O6/c1-25(2,3)41-23(37)36(24(38)42-26(4,5)6)18-13-14-19-32-20(18)21-33-34-22(40-21)27(39,28(29,30)31)15-9-7-8-11-17-12-10-16-35(17)19/h17-22,32-34,39H,7-16H2,1-6H3/t17-,18?,19?,20?,21?,22?,27?/m1/s1. The van der Waals surface area contributed by atoms with Gasteiger partial charge in [0.1, 0.15) is 17.4 Å². The van der Waals surface area contributed by atoms with E-state index in [1.165, 1.54) is 0 Å². The van der Waals surface area contributed by atoms with E-state index in [9.17, 15) is 27.9 Å². The molecule has 4 aliphatic rings. The number of aliphatic hydroxyl groups is 1. The third-order valence-corrected chi connectivity index (χ3v) is 8.36. The molecule has 0 radical (unpaired) electrons. The minimum absolute atomic E-state index is 0.147. The number of imide groups is 1. The molecule has 0 aromatic carbocycles. The second kappa shape index (κ2) is 12.4. The Balaban J connectivity index is 1.71. The van der Waals surface area contributed by atoms with Gasteiger partial charge in [-0.1, -0.05) is 19.3 Å². The zero-order chi connectivity index (χ0) is 31.1. The van der Waals surface area contributed by atoms with E-state index in [2.05, 4.69) is 21.1 Å². The number of amides is 2. The van der Waals surface area contributed by atoms with Crippen LogP contribution in [0, 0.1) is 0 Å². The molecular formula is C28H48F3N5O6. The summed E-state index contributed by atoms with van der Waals surface area (Å²) in [5.41, 5.74) is 0.314. The smallest absolute Gasteiger partial charge is 0.421 e. The quantitative estimate of drug-likeness (QED) is 0.346. The maximum absolute atomic E-state index is 14.3.